The van der Waals surface area contributed by atoms with E-state index in [1.54, 1.807) is 6.20 Å². The Balaban J connectivity index is 0.000000385. The van der Waals surface area contributed by atoms with Crippen molar-refractivity contribution >= 4 is 35.5 Å². The molecule has 208 valence electrons. The Morgan fingerprint density at radius 3 is 2.36 bits per heavy atom. The number of anilines is 4. The van der Waals surface area contributed by atoms with Crippen LogP contribution in [0.5, 0.6) is 0 Å². The third kappa shape index (κ3) is 6.63. The summed E-state index contributed by atoms with van der Waals surface area (Å²) in [6, 6.07) is 8.45. The molecule has 1 aliphatic carbocycles. The van der Waals surface area contributed by atoms with Crippen LogP contribution in [0.2, 0.25) is 0 Å². The Morgan fingerprint density at radius 2 is 1.74 bits per heavy atom. The number of pyridine rings is 1. The summed E-state index contributed by atoms with van der Waals surface area (Å²) in [5.74, 6) is 1.15. The summed E-state index contributed by atoms with van der Waals surface area (Å²) in [5.41, 5.74) is 6.84. The van der Waals surface area contributed by atoms with E-state index in [-0.39, 0.29) is 0 Å². The summed E-state index contributed by atoms with van der Waals surface area (Å²) in [6.45, 7) is 2.36. The molecule has 3 N–H and O–H groups in total. The number of aromatic nitrogens is 3. The van der Waals surface area contributed by atoms with Gasteiger partial charge in [0, 0.05) is 56.6 Å². The number of nitrogens with one attached hydrogen (secondary N) is 3. The van der Waals surface area contributed by atoms with Gasteiger partial charge in [0.15, 0.2) is 6.29 Å². The lowest BCUT2D eigenvalue weighted by molar-refractivity contribution is -0.108. The smallest absolute Gasteiger partial charge is 0.153 e. The van der Waals surface area contributed by atoms with Gasteiger partial charge in [0.1, 0.15) is 12.1 Å². The van der Waals surface area contributed by atoms with E-state index in [2.05, 4.69) is 43.6 Å². The number of benzene rings is 1. The number of aldehydes is 2. The lowest BCUT2D eigenvalue weighted by atomic mass is 9.97. The highest BCUT2D eigenvalue weighted by Crippen LogP contribution is 2.44. The molecule has 3 aliphatic rings. The number of fused-ring (bicyclic) bond motifs is 3. The minimum absolute atomic E-state index is 0.390. The maximum absolute atomic E-state index is 11.6. The molecule has 0 radical (unpaired) electrons. The Labute approximate surface area is 230 Å². The maximum atomic E-state index is 11.6. The van der Waals surface area contributed by atoms with Crippen LogP contribution in [0.4, 0.5) is 22.9 Å². The van der Waals surface area contributed by atoms with E-state index >= 15 is 0 Å². The van der Waals surface area contributed by atoms with Crippen molar-refractivity contribution in [2.75, 3.05) is 56.9 Å². The molecule has 10 nitrogen and oxygen atoms in total. The van der Waals surface area contributed by atoms with E-state index in [1.165, 1.54) is 11.3 Å². The molecule has 2 aliphatic heterocycles. The summed E-state index contributed by atoms with van der Waals surface area (Å²) in [5, 5.41) is 14.0. The van der Waals surface area contributed by atoms with Crippen LogP contribution >= 0.6 is 0 Å². The average Bonchev–Trinajstić information content (AvgIpc) is 3.72. The van der Waals surface area contributed by atoms with Crippen LogP contribution in [0, 0.1) is 5.92 Å². The molecule has 10 heteroatoms. The van der Waals surface area contributed by atoms with Gasteiger partial charge < -0.3 is 30.4 Å². The van der Waals surface area contributed by atoms with Crippen molar-refractivity contribution in [2.24, 2.45) is 5.92 Å². The molecule has 3 aromatic rings. The second-order valence-electron chi connectivity index (χ2n) is 9.97. The number of hydrogen-bond donors (Lipinski definition) is 3. The quantitative estimate of drug-likeness (QED) is 0.400. The molecule has 1 saturated heterocycles. The number of nitrogens with zero attached hydrogens (tertiary/aromatic N) is 4. The molecule has 1 saturated carbocycles. The van der Waals surface area contributed by atoms with Gasteiger partial charge in [-0.1, -0.05) is 12.1 Å². The predicted molar refractivity (Wildman–Crippen MR) is 155 cm³/mol. The van der Waals surface area contributed by atoms with Crippen LogP contribution in [0.25, 0.3) is 11.1 Å². The van der Waals surface area contributed by atoms with E-state index < -0.39 is 0 Å². The molecule has 6 rings (SSSR count). The molecule has 1 aromatic carbocycles. The fourth-order valence-corrected chi connectivity index (χ4v) is 4.77. The van der Waals surface area contributed by atoms with Crippen molar-refractivity contribution in [3.63, 3.8) is 0 Å². The van der Waals surface area contributed by atoms with Crippen LogP contribution in [-0.2, 0) is 16.1 Å². The molecule has 2 fully saturated rings. The van der Waals surface area contributed by atoms with Crippen molar-refractivity contribution in [3.05, 3.63) is 47.9 Å². The highest BCUT2D eigenvalue weighted by Gasteiger charge is 2.29. The van der Waals surface area contributed by atoms with Crippen molar-refractivity contribution in [3.8, 4) is 11.1 Å². The van der Waals surface area contributed by atoms with Crippen molar-refractivity contribution in [2.45, 2.75) is 38.3 Å². The molecule has 0 amide bonds. The second kappa shape index (κ2) is 13.3. The van der Waals surface area contributed by atoms with Gasteiger partial charge in [-0.05, 0) is 45.8 Å². The Bertz CT molecular complexity index is 1270. The maximum Gasteiger partial charge on any atom is 0.153 e. The lowest BCUT2D eigenvalue weighted by Crippen LogP contribution is -2.28. The molecular weight excluding hydrogens is 494 g/mol. The van der Waals surface area contributed by atoms with Gasteiger partial charge in [0.05, 0.1) is 47.1 Å². The largest absolute Gasteiger partial charge is 0.381 e. The van der Waals surface area contributed by atoms with Crippen LogP contribution in [-0.4, -0.2) is 68.7 Å². The summed E-state index contributed by atoms with van der Waals surface area (Å²) >= 11 is 0. The van der Waals surface area contributed by atoms with Crippen LogP contribution in [0.15, 0.2) is 36.7 Å². The number of rotatable bonds is 6. The molecule has 4 heterocycles. The predicted octanol–water partition coefficient (Wildman–Crippen LogP) is 4.28. The third-order valence-corrected chi connectivity index (χ3v) is 6.93. The topological polar surface area (TPSA) is 113 Å². The van der Waals surface area contributed by atoms with E-state index in [9.17, 15) is 9.59 Å². The summed E-state index contributed by atoms with van der Waals surface area (Å²) in [4.78, 5) is 27.6. The monoisotopic (exact) mass is 533 g/mol. The first-order chi connectivity index (χ1) is 19.0. The average molecular weight is 534 g/mol. The first-order valence-corrected chi connectivity index (χ1v) is 13.5. The fourth-order valence-electron chi connectivity index (χ4n) is 4.77. The summed E-state index contributed by atoms with van der Waals surface area (Å²) < 4.78 is 7.73. The molecular formula is C29H39N7O3. The molecule has 2 aromatic heterocycles. The van der Waals surface area contributed by atoms with Gasteiger partial charge in [-0.3, -0.25) is 9.48 Å². The minimum atomic E-state index is 0.390. The SMILES string of the molecule is CNC.CNc1cc(Nc2cccc3c2N(C)Cc2c-3cnn2C2CCOCC2)c(C=O)cn1.O=CC1CC1. The van der Waals surface area contributed by atoms with E-state index in [4.69, 9.17) is 9.84 Å². The normalized spacial score (nSPS) is 15.9. The van der Waals surface area contributed by atoms with Crippen LogP contribution in [0.1, 0.15) is 47.8 Å². The first-order valence-electron chi connectivity index (χ1n) is 13.5. The van der Waals surface area contributed by atoms with Gasteiger partial charge in [0.25, 0.3) is 0 Å². The minimum Gasteiger partial charge on any atom is -0.381 e. The summed E-state index contributed by atoms with van der Waals surface area (Å²) in [7, 11) is 7.66. The number of hydrogen-bond acceptors (Lipinski definition) is 9. The molecule has 0 spiro atoms. The number of carbonyl (C=O) groups is 2. The van der Waals surface area contributed by atoms with E-state index in [0.29, 0.717) is 23.3 Å². The van der Waals surface area contributed by atoms with Crippen LogP contribution in [0.3, 0.4) is 0 Å². The van der Waals surface area contributed by atoms with Gasteiger partial charge in [-0.15, -0.1) is 0 Å². The Hall–Kier alpha value is -3.76. The molecule has 39 heavy (non-hydrogen) atoms. The first kappa shape index (κ1) is 28.3. The summed E-state index contributed by atoms with van der Waals surface area (Å²) in [6.07, 6.45) is 9.70. The fraction of sp³-hybridized carbons (Fsp3) is 0.448. The standard InChI is InChI=1S/C23H26N6O2.C4H6O.C2H7N/c1-24-22-10-20(15(14-30)11-25-22)27-19-5-3-4-17-18-12-26-29(16-6-8-31-9-7-16)21(18)13-28(2)23(17)19;5-3-4-1-2-4;1-3-2/h3-5,10-12,14,16H,6-9,13H2,1-2H3,(H2,24,25,27);3-4H,1-2H2;3H,1-2H3. The Kier molecular flexibility index (Phi) is 9.67. The zero-order valence-electron chi connectivity index (χ0n) is 23.2. The van der Waals surface area contributed by atoms with Gasteiger partial charge in [0.2, 0.25) is 0 Å². The highest BCUT2D eigenvalue weighted by molar-refractivity contribution is 5.94. The van der Waals surface area contributed by atoms with Crippen LogP contribution < -0.4 is 20.9 Å². The molecule has 0 atom stereocenters. The lowest BCUT2D eigenvalue weighted by Gasteiger charge is -2.32. The molecule has 0 unspecified atom stereocenters. The van der Waals surface area contributed by atoms with Crippen molar-refractivity contribution in [1.82, 2.24) is 20.1 Å². The van der Waals surface area contributed by atoms with Gasteiger partial charge >= 0.3 is 0 Å². The van der Waals surface area contributed by atoms with Gasteiger partial charge in [-0.2, -0.15) is 5.10 Å². The zero-order valence-corrected chi connectivity index (χ0v) is 23.2. The number of ether oxygens (including phenoxy) is 1. The third-order valence-electron chi connectivity index (χ3n) is 6.93. The molecule has 0 bridgehead atoms. The van der Waals surface area contributed by atoms with Crippen molar-refractivity contribution < 1.29 is 14.3 Å². The second-order valence-corrected chi connectivity index (χ2v) is 9.97. The van der Waals surface area contributed by atoms with Gasteiger partial charge in [-0.25, -0.2) is 4.98 Å². The zero-order chi connectivity index (χ0) is 27.8. The van der Waals surface area contributed by atoms with E-state index in [0.717, 1.165) is 80.6 Å². The Morgan fingerprint density at radius 1 is 1.00 bits per heavy atom. The number of carbonyl (C=O) groups excluding carboxylic acids is 2. The van der Waals surface area contributed by atoms with Crippen molar-refractivity contribution in [1.29, 1.82) is 0 Å². The highest BCUT2D eigenvalue weighted by atomic mass is 16.5. The number of para-hydroxylation sites is 1. The van der Waals surface area contributed by atoms with E-state index in [1.807, 2.05) is 45.5 Å².